The molecule has 0 bridgehead atoms. The Kier molecular flexibility index (Phi) is 4.38. The number of hydrogen-bond donors (Lipinski definition) is 0. The quantitative estimate of drug-likeness (QED) is 0.833. The molecule has 1 aliphatic rings. The summed E-state index contributed by atoms with van der Waals surface area (Å²) in [7, 11) is 0. The van der Waals surface area contributed by atoms with Crippen molar-refractivity contribution >= 4 is 0 Å². The van der Waals surface area contributed by atoms with E-state index in [1.165, 1.54) is 36.9 Å². The standard InChI is InChI=1S/C17H21N3/c1-3-16(13-19-9-1)14-20-12-2-4-17(20)6-5-15-7-10-18-11-8-15/h1,3,7-11,13,17H,2,4-6,12,14H2. The number of aromatic nitrogens is 2. The van der Waals surface area contributed by atoms with Gasteiger partial charge in [-0.15, -0.1) is 0 Å². The Morgan fingerprint density at radius 3 is 2.75 bits per heavy atom. The van der Waals surface area contributed by atoms with Crippen LogP contribution < -0.4 is 0 Å². The summed E-state index contributed by atoms with van der Waals surface area (Å²) in [5.74, 6) is 0. The Bertz CT molecular complexity index is 512. The zero-order valence-electron chi connectivity index (χ0n) is 11.8. The van der Waals surface area contributed by atoms with E-state index in [4.69, 9.17) is 0 Å². The summed E-state index contributed by atoms with van der Waals surface area (Å²) in [5.41, 5.74) is 2.72. The van der Waals surface area contributed by atoms with Gasteiger partial charge in [0.2, 0.25) is 0 Å². The molecule has 0 aromatic carbocycles. The summed E-state index contributed by atoms with van der Waals surface area (Å²) < 4.78 is 0. The Labute approximate surface area is 120 Å². The maximum atomic E-state index is 4.21. The summed E-state index contributed by atoms with van der Waals surface area (Å²) >= 11 is 0. The predicted octanol–water partition coefficient (Wildman–Crippen LogP) is 3.07. The molecule has 0 saturated carbocycles. The van der Waals surface area contributed by atoms with Gasteiger partial charge < -0.3 is 0 Å². The Balaban J connectivity index is 1.56. The Hall–Kier alpha value is -1.74. The van der Waals surface area contributed by atoms with Crippen LogP contribution in [0.25, 0.3) is 0 Å². The second kappa shape index (κ2) is 6.62. The molecule has 1 unspecified atom stereocenters. The van der Waals surface area contributed by atoms with Crippen LogP contribution in [0.15, 0.2) is 49.1 Å². The average molecular weight is 267 g/mol. The van der Waals surface area contributed by atoms with E-state index in [2.05, 4.69) is 33.1 Å². The third-order valence-corrected chi connectivity index (χ3v) is 4.12. The van der Waals surface area contributed by atoms with Crippen molar-refractivity contribution in [2.75, 3.05) is 6.54 Å². The first-order valence-electron chi connectivity index (χ1n) is 7.44. The van der Waals surface area contributed by atoms with Gasteiger partial charge >= 0.3 is 0 Å². The minimum Gasteiger partial charge on any atom is -0.296 e. The van der Waals surface area contributed by atoms with E-state index in [0.29, 0.717) is 6.04 Å². The molecule has 2 aromatic heterocycles. The number of nitrogens with zero attached hydrogens (tertiary/aromatic N) is 3. The number of pyridine rings is 2. The lowest BCUT2D eigenvalue weighted by Gasteiger charge is -2.24. The van der Waals surface area contributed by atoms with Crippen LogP contribution in [-0.2, 0) is 13.0 Å². The van der Waals surface area contributed by atoms with Crippen molar-refractivity contribution in [1.82, 2.24) is 14.9 Å². The number of likely N-dealkylation sites (tertiary alicyclic amines) is 1. The van der Waals surface area contributed by atoms with Crippen LogP contribution in [-0.4, -0.2) is 27.5 Å². The van der Waals surface area contributed by atoms with Gasteiger partial charge in [-0.25, -0.2) is 0 Å². The summed E-state index contributed by atoms with van der Waals surface area (Å²) in [5, 5.41) is 0. The summed E-state index contributed by atoms with van der Waals surface area (Å²) in [6, 6.07) is 9.16. The molecule has 0 N–H and O–H groups in total. The summed E-state index contributed by atoms with van der Waals surface area (Å²) in [6.07, 6.45) is 12.6. The maximum absolute atomic E-state index is 4.21. The second-order valence-electron chi connectivity index (χ2n) is 5.52. The first-order valence-corrected chi connectivity index (χ1v) is 7.44. The van der Waals surface area contributed by atoms with E-state index in [-0.39, 0.29) is 0 Å². The van der Waals surface area contributed by atoms with Crippen molar-refractivity contribution in [3.63, 3.8) is 0 Å². The van der Waals surface area contributed by atoms with E-state index < -0.39 is 0 Å². The lowest BCUT2D eigenvalue weighted by Crippen LogP contribution is -2.29. The molecule has 3 heterocycles. The number of aryl methyl sites for hydroxylation is 1. The van der Waals surface area contributed by atoms with Gasteiger partial charge in [0, 0.05) is 37.4 Å². The minimum absolute atomic E-state index is 0.711. The Morgan fingerprint density at radius 2 is 1.95 bits per heavy atom. The lowest BCUT2D eigenvalue weighted by molar-refractivity contribution is 0.234. The van der Waals surface area contributed by atoms with Crippen LogP contribution in [0, 0.1) is 0 Å². The molecule has 104 valence electrons. The van der Waals surface area contributed by atoms with E-state index >= 15 is 0 Å². The smallest absolute Gasteiger partial charge is 0.0312 e. The van der Waals surface area contributed by atoms with Crippen LogP contribution >= 0.6 is 0 Å². The molecule has 3 heteroatoms. The predicted molar refractivity (Wildman–Crippen MR) is 80.2 cm³/mol. The van der Waals surface area contributed by atoms with Crippen LogP contribution in [0.2, 0.25) is 0 Å². The highest BCUT2D eigenvalue weighted by Crippen LogP contribution is 2.23. The molecule has 0 aliphatic carbocycles. The number of hydrogen-bond acceptors (Lipinski definition) is 3. The molecular weight excluding hydrogens is 246 g/mol. The summed E-state index contributed by atoms with van der Waals surface area (Å²) in [4.78, 5) is 10.9. The zero-order valence-corrected chi connectivity index (χ0v) is 11.8. The first kappa shape index (κ1) is 13.3. The monoisotopic (exact) mass is 267 g/mol. The fraction of sp³-hybridized carbons (Fsp3) is 0.412. The van der Waals surface area contributed by atoms with Gasteiger partial charge in [0.05, 0.1) is 0 Å². The summed E-state index contributed by atoms with van der Waals surface area (Å²) in [6.45, 7) is 2.25. The molecule has 1 atom stereocenters. The first-order chi connectivity index (χ1) is 9.92. The van der Waals surface area contributed by atoms with Gasteiger partial charge in [-0.1, -0.05) is 6.07 Å². The minimum atomic E-state index is 0.711. The fourth-order valence-electron chi connectivity index (χ4n) is 3.04. The third-order valence-electron chi connectivity index (χ3n) is 4.12. The van der Waals surface area contributed by atoms with Gasteiger partial charge in [-0.05, 0) is 61.6 Å². The molecular formula is C17H21N3. The molecule has 0 spiro atoms. The highest BCUT2D eigenvalue weighted by Gasteiger charge is 2.23. The van der Waals surface area contributed by atoms with Crippen molar-refractivity contribution in [3.8, 4) is 0 Å². The highest BCUT2D eigenvalue weighted by atomic mass is 15.2. The van der Waals surface area contributed by atoms with Crippen molar-refractivity contribution in [2.45, 2.75) is 38.3 Å². The van der Waals surface area contributed by atoms with E-state index in [1.54, 1.807) is 0 Å². The SMILES string of the molecule is c1cncc(CN2CCCC2CCc2ccncc2)c1. The van der Waals surface area contributed by atoms with Gasteiger partial charge in [0.25, 0.3) is 0 Å². The zero-order chi connectivity index (χ0) is 13.6. The third kappa shape index (κ3) is 3.42. The van der Waals surface area contributed by atoms with E-state index in [9.17, 15) is 0 Å². The fourth-order valence-corrected chi connectivity index (χ4v) is 3.04. The van der Waals surface area contributed by atoms with Gasteiger partial charge in [-0.3, -0.25) is 14.9 Å². The Morgan fingerprint density at radius 1 is 1.05 bits per heavy atom. The number of rotatable bonds is 5. The molecule has 0 radical (unpaired) electrons. The highest BCUT2D eigenvalue weighted by molar-refractivity contribution is 5.11. The van der Waals surface area contributed by atoms with E-state index in [1.807, 2.05) is 30.9 Å². The molecule has 1 saturated heterocycles. The van der Waals surface area contributed by atoms with Gasteiger partial charge in [0.15, 0.2) is 0 Å². The second-order valence-corrected chi connectivity index (χ2v) is 5.52. The van der Waals surface area contributed by atoms with Crippen molar-refractivity contribution in [1.29, 1.82) is 0 Å². The average Bonchev–Trinajstić information content (AvgIpc) is 2.94. The van der Waals surface area contributed by atoms with Crippen LogP contribution in [0.4, 0.5) is 0 Å². The maximum Gasteiger partial charge on any atom is 0.0312 e. The van der Waals surface area contributed by atoms with Crippen molar-refractivity contribution in [2.24, 2.45) is 0 Å². The molecule has 3 rings (SSSR count). The topological polar surface area (TPSA) is 29.0 Å². The van der Waals surface area contributed by atoms with E-state index in [0.717, 1.165) is 13.0 Å². The van der Waals surface area contributed by atoms with Crippen LogP contribution in [0.5, 0.6) is 0 Å². The lowest BCUT2D eigenvalue weighted by atomic mass is 10.0. The van der Waals surface area contributed by atoms with Crippen molar-refractivity contribution < 1.29 is 0 Å². The molecule has 2 aromatic rings. The van der Waals surface area contributed by atoms with Gasteiger partial charge in [-0.2, -0.15) is 0 Å². The molecule has 1 fully saturated rings. The largest absolute Gasteiger partial charge is 0.296 e. The molecule has 0 amide bonds. The molecule has 1 aliphatic heterocycles. The molecule has 3 nitrogen and oxygen atoms in total. The normalized spacial score (nSPS) is 19.3. The van der Waals surface area contributed by atoms with Gasteiger partial charge in [0.1, 0.15) is 0 Å². The molecule has 20 heavy (non-hydrogen) atoms. The van der Waals surface area contributed by atoms with Crippen LogP contribution in [0.1, 0.15) is 30.4 Å². The van der Waals surface area contributed by atoms with Crippen molar-refractivity contribution in [3.05, 3.63) is 60.2 Å². The van der Waals surface area contributed by atoms with Crippen LogP contribution in [0.3, 0.4) is 0 Å².